The molecular weight excluding hydrogens is 363 g/mol. The first-order valence-corrected chi connectivity index (χ1v) is 8.49. The number of carbonyl (C=O) groups excluding carboxylic acids is 2. The molecule has 8 heteroatoms. The van der Waals surface area contributed by atoms with Gasteiger partial charge < -0.3 is 15.1 Å². The summed E-state index contributed by atoms with van der Waals surface area (Å²) in [6, 6.07) is 8.36. The van der Waals surface area contributed by atoms with E-state index in [4.69, 9.17) is 23.2 Å². The maximum atomic E-state index is 12.2. The van der Waals surface area contributed by atoms with Crippen LogP contribution in [0.4, 0.5) is 11.5 Å². The molecule has 25 heavy (non-hydrogen) atoms. The summed E-state index contributed by atoms with van der Waals surface area (Å²) >= 11 is 11.8. The number of carbonyl (C=O) groups is 2. The number of benzene rings is 1. The quantitative estimate of drug-likeness (QED) is 0.830. The monoisotopic (exact) mass is 378 g/mol. The fourth-order valence-corrected chi connectivity index (χ4v) is 2.84. The van der Waals surface area contributed by atoms with Crippen LogP contribution in [0.2, 0.25) is 10.0 Å². The molecule has 2 amide bonds. The first-order valence-electron chi connectivity index (χ1n) is 7.73. The van der Waals surface area contributed by atoms with Crippen molar-refractivity contribution < 1.29 is 9.59 Å². The molecule has 6 nitrogen and oxygen atoms in total. The maximum Gasteiger partial charge on any atom is 0.255 e. The second-order valence-electron chi connectivity index (χ2n) is 5.62. The normalized spacial score (nSPS) is 14.3. The second kappa shape index (κ2) is 7.72. The van der Waals surface area contributed by atoms with Gasteiger partial charge in [-0.1, -0.05) is 23.2 Å². The Morgan fingerprint density at radius 1 is 1.08 bits per heavy atom. The number of halogens is 2. The van der Waals surface area contributed by atoms with Crippen molar-refractivity contribution in [2.24, 2.45) is 0 Å². The molecular formula is C17H16Cl2N4O2. The summed E-state index contributed by atoms with van der Waals surface area (Å²) in [5, 5.41) is 3.51. The van der Waals surface area contributed by atoms with E-state index in [0.29, 0.717) is 34.4 Å². The van der Waals surface area contributed by atoms with Crippen molar-refractivity contribution in [3.63, 3.8) is 0 Å². The smallest absolute Gasteiger partial charge is 0.255 e. The largest absolute Gasteiger partial charge is 0.353 e. The number of pyridine rings is 1. The molecule has 0 aliphatic carbocycles. The number of aromatic nitrogens is 1. The van der Waals surface area contributed by atoms with E-state index < -0.39 is 0 Å². The highest BCUT2D eigenvalue weighted by atomic mass is 35.5. The van der Waals surface area contributed by atoms with Gasteiger partial charge in [0.15, 0.2) is 0 Å². The van der Waals surface area contributed by atoms with Crippen molar-refractivity contribution in [2.45, 2.75) is 0 Å². The first kappa shape index (κ1) is 17.5. The lowest BCUT2D eigenvalue weighted by atomic mass is 10.2. The fourth-order valence-electron chi connectivity index (χ4n) is 2.54. The van der Waals surface area contributed by atoms with Gasteiger partial charge in [-0.3, -0.25) is 9.59 Å². The van der Waals surface area contributed by atoms with Gasteiger partial charge in [-0.25, -0.2) is 4.98 Å². The summed E-state index contributed by atoms with van der Waals surface area (Å²) < 4.78 is 0. The van der Waals surface area contributed by atoms with Crippen molar-refractivity contribution >= 4 is 47.0 Å². The minimum absolute atomic E-state index is 0.285. The van der Waals surface area contributed by atoms with Crippen LogP contribution in [0.3, 0.4) is 0 Å². The van der Waals surface area contributed by atoms with Crippen LogP contribution in [-0.4, -0.2) is 48.4 Å². The molecule has 1 aliphatic heterocycles. The molecule has 2 aromatic rings. The van der Waals surface area contributed by atoms with E-state index >= 15 is 0 Å². The number of hydrogen-bond donors (Lipinski definition) is 1. The third-order valence-electron chi connectivity index (χ3n) is 3.97. The summed E-state index contributed by atoms with van der Waals surface area (Å²) in [7, 11) is 0. The highest BCUT2D eigenvalue weighted by molar-refractivity contribution is 6.42. The molecule has 0 saturated carbocycles. The van der Waals surface area contributed by atoms with Gasteiger partial charge in [0, 0.05) is 31.7 Å². The highest BCUT2D eigenvalue weighted by Crippen LogP contribution is 2.23. The van der Waals surface area contributed by atoms with E-state index in [0.717, 1.165) is 25.3 Å². The molecule has 0 unspecified atom stereocenters. The van der Waals surface area contributed by atoms with Crippen LogP contribution in [0.15, 0.2) is 36.5 Å². The van der Waals surface area contributed by atoms with E-state index in [-0.39, 0.29) is 5.91 Å². The fraction of sp³-hybridized carbons (Fsp3) is 0.235. The van der Waals surface area contributed by atoms with Gasteiger partial charge in [0.2, 0.25) is 6.41 Å². The van der Waals surface area contributed by atoms with Crippen molar-refractivity contribution in [2.75, 3.05) is 36.4 Å². The lowest BCUT2D eigenvalue weighted by Crippen LogP contribution is -2.46. The lowest BCUT2D eigenvalue weighted by Gasteiger charge is -2.33. The summed E-state index contributed by atoms with van der Waals surface area (Å²) in [5.41, 5.74) is 1.01. The van der Waals surface area contributed by atoms with Crippen molar-refractivity contribution in [3.8, 4) is 0 Å². The zero-order chi connectivity index (χ0) is 17.8. The lowest BCUT2D eigenvalue weighted by molar-refractivity contribution is -0.118. The third kappa shape index (κ3) is 4.21. The van der Waals surface area contributed by atoms with Gasteiger partial charge in [0.25, 0.3) is 5.91 Å². The van der Waals surface area contributed by atoms with Gasteiger partial charge in [-0.15, -0.1) is 0 Å². The molecule has 2 heterocycles. The Kier molecular flexibility index (Phi) is 5.40. The van der Waals surface area contributed by atoms with Crippen molar-refractivity contribution in [1.82, 2.24) is 9.88 Å². The predicted molar refractivity (Wildman–Crippen MR) is 98.5 cm³/mol. The van der Waals surface area contributed by atoms with E-state index in [1.54, 1.807) is 29.3 Å². The van der Waals surface area contributed by atoms with Crippen LogP contribution in [0.25, 0.3) is 0 Å². The van der Waals surface area contributed by atoms with E-state index in [2.05, 4.69) is 15.2 Å². The Bertz CT molecular complexity index is 775. The van der Waals surface area contributed by atoms with Crippen LogP contribution < -0.4 is 10.2 Å². The summed E-state index contributed by atoms with van der Waals surface area (Å²) in [4.78, 5) is 31.2. The molecule has 0 spiro atoms. The molecule has 1 aliphatic rings. The highest BCUT2D eigenvalue weighted by Gasteiger charge is 2.16. The zero-order valence-corrected chi connectivity index (χ0v) is 14.8. The molecule has 130 valence electrons. The predicted octanol–water partition coefficient (Wildman–Crippen LogP) is 2.92. The number of anilines is 2. The van der Waals surface area contributed by atoms with E-state index in [9.17, 15) is 9.59 Å². The molecule has 1 saturated heterocycles. The van der Waals surface area contributed by atoms with Crippen LogP contribution in [0, 0.1) is 0 Å². The third-order valence-corrected chi connectivity index (χ3v) is 4.71. The molecule has 0 bridgehead atoms. The summed E-state index contributed by atoms with van der Waals surface area (Å²) in [6.45, 7) is 2.84. The standard InChI is InChI=1S/C17H16Cl2N4O2/c18-14-3-1-12(9-15(14)19)17(25)21-13-2-4-16(20-10-13)23-7-5-22(11-24)6-8-23/h1-4,9-11H,5-8H2,(H,21,25). The number of rotatable bonds is 4. The number of amides is 2. The van der Waals surface area contributed by atoms with Crippen LogP contribution in [-0.2, 0) is 4.79 Å². The van der Waals surface area contributed by atoms with Crippen molar-refractivity contribution in [1.29, 1.82) is 0 Å². The van der Waals surface area contributed by atoms with Gasteiger partial charge in [-0.2, -0.15) is 0 Å². The molecule has 3 rings (SSSR count). The minimum Gasteiger partial charge on any atom is -0.353 e. The summed E-state index contributed by atoms with van der Waals surface area (Å²) in [6.07, 6.45) is 2.48. The van der Waals surface area contributed by atoms with Gasteiger partial charge >= 0.3 is 0 Å². The maximum absolute atomic E-state index is 12.2. The second-order valence-corrected chi connectivity index (χ2v) is 6.43. The molecule has 1 N–H and O–H groups in total. The molecule has 1 fully saturated rings. The van der Waals surface area contributed by atoms with Crippen LogP contribution >= 0.6 is 23.2 Å². The van der Waals surface area contributed by atoms with E-state index in [1.807, 2.05) is 6.07 Å². The van der Waals surface area contributed by atoms with Crippen LogP contribution in [0.1, 0.15) is 10.4 Å². The topological polar surface area (TPSA) is 65.5 Å². The Morgan fingerprint density at radius 3 is 2.44 bits per heavy atom. The number of nitrogens with one attached hydrogen (secondary N) is 1. The van der Waals surface area contributed by atoms with E-state index in [1.165, 1.54) is 6.07 Å². The Balaban J connectivity index is 1.63. The Hall–Kier alpha value is -2.31. The molecule has 0 atom stereocenters. The average Bonchev–Trinajstić information content (AvgIpc) is 2.64. The Morgan fingerprint density at radius 2 is 1.84 bits per heavy atom. The number of nitrogens with zero attached hydrogens (tertiary/aromatic N) is 3. The van der Waals surface area contributed by atoms with Crippen LogP contribution in [0.5, 0.6) is 0 Å². The zero-order valence-electron chi connectivity index (χ0n) is 13.3. The number of hydrogen-bond acceptors (Lipinski definition) is 4. The average molecular weight is 379 g/mol. The number of piperazine rings is 1. The van der Waals surface area contributed by atoms with Gasteiger partial charge in [-0.05, 0) is 30.3 Å². The first-order chi connectivity index (χ1) is 12.1. The Labute approximate surface area is 155 Å². The summed E-state index contributed by atoms with van der Waals surface area (Å²) in [5.74, 6) is 0.533. The van der Waals surface area contributed by atoms with Crippen molar-refractivity contribution in [3.05, 3.63) is 52.1 Å². The molecule has 0 radical (unpaired) electrons. The minimum atomic E-state index is -0.285. The van der Waals surface area contributed by atoms with Gasteiger partial charge in [0.05, 0.1) is 21.9 Å². The molecule has 1 aromatic carbocycles. The van der Waals surface area contributed by atoms with Gasteiger partial charge in [0.1, 0.15) is 5.82 Å². The SMILES string of the molecule is O=CN1CCN(c2ccc(NC(=O)c3ccc(Cl)c(Cl)c3)cn2)CC1. The molecule has 1 aromatic heterocycles.